The van der Waals surface area contributed by atoms with Crippen LogP contribution in [0.5, 0.6) is 0 Å². The second-order valence-corrected chi connectivity index (χ2v) is 2.30. The second-order valence-electron chi connectivity index (χ2n) is 2.30. The van der Waals surface area contributed by atoms with E-state index in [-0.39, 0.29) is 0 Å². The van der Waals surface area contributed by atoms with Crippen molar-refractivity contribution in [1.82, 2.24) is 19.9 Å². The molecule has 6 nitrogen and oxygen atoms in total. The van der Waals surface area contributed by atoms with Gasteiger partial charge in [-0.3, -0.25) is 0 Å². The molecule has 0 bridgehead atoms. The standard InChI is InChI=1S/C6H7N5O/c1-11-6(7)8-5(9-11)4-2-3-12-10-4/h2-3H,1H3,(H2,7,8,9). The third-order valence-electron chi connectivity index (χ3n) is 1.46. The fourth-order valence-corrected chi connectivity index (χ4v) is 0.833. The van der Waals surface area contributed by atoms with Crippen molar-refractivity contribution < 1.29 is 4.52 Å². The van der Waals surface area contributed by atoms with Crippen LogP contribution < -0.4 is 5.73 Å². The van der Waals surface area contributed by atoms with Crippen LogP contribution >= 0.6 is 0 Å². The van der Waals surface area contributed by atoms with Crippen molar-refractivity contribution in [3.8, 4) is 11.5 Å². The van der Waals surface area contributed by atoms with Crippen molar-refractivity contribution in [3.05, 3.63) is 12.3 Å². The third kappa shape index (κ3) is 0.931. The Bertz CT molecular complexity index is 357. The van der Waals surface area contributed by atoms with E-state index in [2.05, 4.69) is 19.8 Å². The van der Waals surface area contributed by atoms with Gasteiger partial charge in [0.1, 0.15) is 6.26 Å². The molecule has 2 heterocycles. The average molecular weight is 165 g/mol. The first kappa shape index (κ1) is 6.84. The molecule has 0 atom stereocenters. The Morgan fingerprint density at radius 1 is 1.58 bits per heavy atom. The molecule has 2 rings (SSSR count). The SMILES string of the molecule is Cn1nc(-c2ccon2)nc1N. The van der Waals surface area contributed by atoms with Crippen LogP contribution in [0, 0.1) is 0 Å². The van der Waals surface area contributed by atoms with Gasteiger partial charge < -0.3 is 10.3 Å². The van der Waals surface area contributed by atoms with Gasteiger partial charge in [-0.25, -0.2) is 4.68 Å². The highest BCUT2D eigenvalue weighted by Crippen LogP contribution is 2.12. The lowest BCUT2D eigenvalue weighted by molar-refractivity contribution is 0.422. The summed E-state index contributed by atoms with van der Waals surface area (Å²) in [6, 6.07) is 1.68. The van der Waals surface area contributed by atoms with Gasteiger partial charge in [0.05, 0.1) is 0 Å². The normalized spacial score (nSPS) is 10.4. The number of aromatic nitrogens is 4. The molecule has 0 aromatic carbocycles. The van der Waals surface area contributed by atoms with Crippen molar-refractivity contribution in [3.63, 3.8) is 0 Å². The zero-order chi connectivity index (χ0) is 8.55. The summed E-state index contributed by atoms with van der Waals surface area (Å²) in [4.78, 5) is 3.96. The molecular weight excluding hydrogens is 158 g/mol. The summed E-state index contributed by atoms with van der Waals surface area (Å²) in [5, 5.41) is 7.68. The molecule has 2 N–H and O–H groups in total. The molecule has 0 aliphatic carbocycles. The van der Waals surface area contributed by atoms with E-state index in [4.69, 9.17) is 5.73 Å². The summed E-state index contributed by atoms with van der Waals surface area (Å²) in [5.74, 6) is 0.830. The Morgan fingerprint density at radius 3 is 2.92 bits per heavy atom. The van der Waals surface area contributed by atoms with Crippen molar-refractivity contribution in [1.29, 1.82) is 0 Å². The largest absolute Gasteiger partial charge is 0.368 e. The predicted molar refractivity (Wildman–Crippen MR) is 40.9 cm³/mol. The molecule has 2 aromatic heterocycles. The van der Waals surface area contributed by atoms with E-state index in [1.807, 2.05) is 0 Å². The van der Waals surface area contributed by atoms with Gasteiger partial charge in [0.15, 0.2) is 5.69 Å². The van der Waals surface area contributed by atoms with Gasteiger partial charge >= 0.3 is 0 Å². The minimum atomic E-state index is 0.355. The fourth-order valence-electron chi connectivity index (χ4n) is 0.833. The molecular formula is C6H7N5O. The number of hydrogen-bond donors (Lipinski definition) is 1. The van der Waals surface area contributed by atoms with Crippen molar-refractivity contribution in [2.45, 2.75) is 0 Å². The first-order chi connectivity index (χ1) is 5.77. The summed E-state index contributed by atoms with van der Waals surface area (Å²) in [6.07, 6.45) is 1.46. The van der Waals surface area contributed by atoms with E-state index < -0.39 is 0 Å². The number of anilines is 1. The smallest absolute Gasteiger partial charge is 0.218 e. The molecule has 0 unspecified atom stereocenters. The predicted octanol–water partition coefficient (Wildman–Crippen LogP) is 0.0523. The van der Waals surface area contributed by atoms with Crippen LogP contribution in [0.4, 0.5) is 5.95 Å². The lowest BCUT2D eigenvalue weighted by atomic mass is 10.4. The summed E-state index contributed by atoms with van der Waals surface area (Å²) >= 11 is 0. The molecule has 0 saturated heterocycles. The molecule has 0 aliphatic rings. The number of nitrogen functional groups attached to an aromatic ring is 1. The molecule has 0 amide bonds. The van der Waals surface area contributed by atoms with Crippen molar-refractivity contribution >= 4 is 5.95 Å². The number of aryl methyl sites for hydroxylation is 1. The number of hydrogen-bond acceptors (Lipinski definition) is 5. The summed E-state index contributed by atoms with van der Waals surface area (Å²) in [5.41, 5.74) is 6.06. The maximum atomic E-state index is 5.48. The zero-order valence-corrected chi connectivity index (χ0v) is 6.43. The summed E-state index contributed by atoms with van der Waals surface area (Å²) < 4.78 is 6.11. The van der Waals surface area contributed by atoms with Crippen LogP contribution in [-0.2, 0) is 7.05 Å². The van der Waals surface area contributed by atoms with E-state index in [0.29, 0.717) is 17.5 Å². The van der Waals surface area contributed by atoms with Crippen LogP contribution in [0.2, 0.25) is 0 Å². The number of nitrogens with two attached hydrogens (primary N) is 1. The highest BCUT2D eigenvalue weighted by atomic mass is 16.5. The van der Waals surface area contributed by atoms with Gasteiger partial charge in [0, 0.05) is 13.1 Å². The van der Waals surface area contributed by atoms with Crippen molar-refractivity contribution in [2.24, 2.45) is 7.05 Å². The fraction of sp³-hybridized carbons (Fsp3) is 0.167. The monoisotopic (exact) mass is 165 g/mol. The first-order valence-electron chi connectivity index (χ1n) is 3.34. The highest BCUT2D eigenvalue weighted by Gasteiger charge is 2.08. The van der Waals surface area contributed by atoms with Gasteiger partial charge in [-0.05, 0) is 0 Å². The Balaban J connectivity index is 2.48. The van der Waals surface area contributed by atoms with Gasteiger partial charge in [-0.2, -0.15) is 4.98 Å². The van der Waals surface area contributed by atoms with E-state index in [1.54, 1.807) is 13.1 Å². The van der Waals surface area contributed by atoms with Crippen LogP contribution in [-0.4, -0.2) is 19.9 Å². The Kier molecular flexibility index (Phi) is 1.33. The highest BCUT2D eigenvalue weighted by molar-refractivity contribution is 5.48. The maximum Gasteiger partial charge on any atom is 0.218 e. The molecule has 0 spiro atoms. The molecule has 0 fully saturated rings. The van der Waals surface area contributed by atoms with Crippen LogP contribution in [0.15, 0.2) is 16.9 Å². The van der Waals surface area contributed by atoms with Crippen molar-refractivity contribution in [2.75, 3.05) is 5.73 Å². The molecule has 0 saturated carbocycles. The Hall–Kier alpha value is -1.85. The average Bonchev–Trinajstić information content (AvgIpc) is 2.61. The van der Waals surface area contributed by atoms with E-state index >= 15 is 0 Å². The second kappa shape index (κ2) is 2.33. The summed E-state index contributed by atoms with van der Waals surface area (Å²) in [6.45, 7) is 0. The quantitative estimate of drug-likeness (QED) is 0.645. The van der Waals surface area contributed by atoms with E-state index in [1.165, 1.54) is 10.9 Å². The summed E-state index contributed by atoms with van der Waals surface area (Å²) in [7, 11) is 1.71. The number of rotatable bonds is 1. The molecule has 0 aliphatic heterocycles. The Labute approximate surface area is 68.0 Å². The first-order valence-corrected chi connectivity index (χ1v) is 3.34. The molecule has 2 aromatic rings. The van der Waals surface area contributed by atoms with Gasteiger partial charge in [0.2, 0.25) is 11.8 Å². The molecule has 6 heteroatoms. The zero-order valence-electron chi connectivity index (χ0n) is 6.43. The van der Waals surface area contributed by atoms with Crippen LogP contribution in [0.25, 0.3) is 11.5 Å². The minimum Gasteiger partial charge on any atom is -0.368 e. The van der Waals surface area contributed by atoms with Crippen LogP contribution in [0.1, 0.15) is 0 Å². The topological polar surface area (TPSA) is 82.8 Å². The van der Waals surface area contributed by atoms with E-state index in [9.17, 15) is 0 Å². The lowest BCUT2D eigenvalue weighted by Crippen LogP contribution is -1.97. The van der Waals surface area contributed by atoms with Crippen LogP contribution in [0.3, 0.4) is 0 Å². The van der Waals surface area contributed by atoms with Gasteiger partial charge in [0.25, 0.3) is 0 Å². The Morgan fingerprint density at radius 2 is 2.42 bits per heavy atom. The number of nitrogens with zero attached hydrogens (tertiary/aromatic N) is 4. The van der Waals surface area contributed by atoms with Gasteiger partial charge in [-0.1, -0.05) is 5.16 Å². The van der Waals surface area contributed by atoms with Gasteiger partial charge in [-0.15, -0.1) is 5.10 Å². The maximum absolute atomic E-state index is 5.48. The van der Waals surface area contributed by atoms with E-state index in [0.717, 1.165) is 0 Å². The third-order valence-corrected chi connectivity index (χ3v) is 1.46. The molecule has 62 valence electrons. The minimum absolute atomic E-state index is 0.355. The lowest BCUT2D eigenvalue weighted by Gasteiger charge is -1.85. The molecule has 0 radical (unpaired) electrons. The molecule has 12 heavy (non-hydrogen) atoms.